The van der Waals surface area contributed by atoms with E-state index in [1.165, 1.54) is 5.56 Å². The van der Waals surface area contributed by atoms with Crippen LogP contribution in [0.3, 0.4) is 0 Å². The van der Waals surface area contributed by atoms with Crippen molar-refractivity contribution in [3.8, 4) is 22.3 Å². The molecule has 2 atom stereocenters. The van der Waals surface area contributed by atoms with E-state index in [0.29, 0.717) is 18.6 Å². The van der Waals surface area contributed by atoms with Gasteiger partial charge in [0.25, 0.3) is 5.91 Å². The fourth-order valence-corrected chi connectivity index (χ4v) is 6.16. The number of hydrogen-bond donors (Lipinski definition) is 3. The lowest BCUT2D eigenvalue weighted by molar-refractivity contribution is -0.117. The number of carbonyl (C=O) groups is 2. The van der Waals surface area contributed by atoms with Gasteiger partial charge in [-0.3, -0.25) is 9.59 Å². The predicted molar refractivity (Wildman–Crippen MR) is 166 cm³/mol. The minimum atomic E-state index is -0.925. The van der Waals surface area contributed by atoms with Crippen LogP contribution in [-0.2, 0) is 22.6 Å². The van der Waals surface area contributed by atoms with Crippen LogP contribution in [0, 0.1) is 0 Å². The maximum Gasteiger partial charge on any atom is 0.491 e. The van der Waals surface area contributed by atoms with Crippen molar-refractivity contribution in [1.82, 2.24) is 10.6 Å². The summed E-state index contributed by atoms with van der Waals surface area (Å²) in [4.78, 5) is 28.1. The summed E-state index contributed by atoms with van der Waals surface area (Å²) >= 11 is 0. The number of carbonyl (C=O) groups excluding carboxylic acids is 2. The van der Waals surface area contributed by atoms with Gasteiger partial charge in [0.05, 0.1) is 12.6 Å². The zero-order valence-corrected chi connectivity index (χ0v) is 24.1. The van der Waals surface area contributed by atoms with Gasteiger partial charge in [0.1, 0.15) is 0 Å². The Hall–Kier alpha value is -4.24. The number of anilines is 1. The molecular weight excluding hydrogens is 525 g/mol. The first-order valence-corrected chi connectivity index (χ1v) is 14.3. The standard InChI is InChI=1S/C34H34BN3O4/c1-21-15-32(30-17-26(13-14-33(30)38(21)22(2)39)24-9-7-23(8-10-24)19-36-3)37-34(40)28-6-4-5-25(16-28)27-11-12-29-20-42-35(41)31(29)18-27/h4-14,16-18,21,32,36,41H,15,19-20H2,1-3H3,(H,37,40)/t21-,32+/m0/s1. The molecule has 2 aliphatic rings. The summed E-state index contributed by atoms with van der Waals surface area (Å²) in [6, 6.07) is 27.6. The first-order valence-electron chi connectivity index (χ1n) is 14.3. The topological polar surface area (TPSA) is 90.9 Å². The highest BCUT2D eigenvalue weighted by Crippen LogP contribution is 2.40. The molecule has 0 fully saturated rings. The lowest BCUT2D eigenvalue weighted by Crippen LogP contribution is -2.45. The summed E-state index contributed by atoms with van der Waals surface area (Å²) in [5.41, 5.74) is 9.14. The molecule has 42 heavy (non-hydrogen) atoms. The fourth-order valence-electron chi connectivity index (χ4n) is 6.16. The normalized spacial score (nSPS) is 17.5. The summed E-state index contributed by atoms with van der Waals surface area (Å²) < 4.78 is 5.34. The lowest BCUT2D eigenvalue weighted by atomic mass is 9.78. The molecule has 4 aromatic rings. The van der Waals surface area contributed by atoms with Gasteiger partial charge in [-0.05, 0) is 89.1 Å². The maximum absolute atomic E-state index is 13.7. The molecule has 2 aliphatic heterocycles. The second kappa shape index (κ2) is 11.6. The average Bonchev–Trinajstić information content (AvgIpc) is 3.37. The first kappa shape index (κ1) is 27.9. The van der Waals surface area contributed by atoms with Crippen molar-refractivity contribution >= 4 is 30.1 Å². The van der Waals surface area contributed by atoms with Crippen LogP contribution in [0.1, 0.15) is 53.4 Å². The first-order chi connectivity index (χ1) is 20.3. The molecule has 0 aliphatic carbocycles. The SMILES string of the molecule is CNCc1ccc(-c2ccc3c(c2)[C@H](NC(=O)c2cccc(-c4ccc5c(c4)B(O)OC5)c2)C[C@H](C)N3C(C)=O)cc1. The average molecular weight is 559 g/mol. The molecule has 0 saturated carbocycles. The molecule has 6 rings (SSSR count). The Bertz CT molecular complexity index is 1660. The van der Waals surface area contributed by atoms with E-state index >= 15 is 0 Å². The van der Waals surface area contributed by atoms with Crippen LogP contribution in [0.15, 0.2) is 84.9 Å². The second-order valence-electron chi connectivity index (χ2n) is 11.2. The van der Waals surface area contributed by atoms with Crippen LogP contribution >= 0.6 is 0 Å². The Morgan fingerprint density at radius 1 is 0.952 bits per heavy atom. The molecule has 0 saturated heterocycles. The van der Waals surface area contributed by atoms with Gasteiger partial charge in [-0.2, -0.15) is 0 Å². The van der Waals surface area contributed by atoms with Crippen LogP contribution in [0.4, 0.5) is 5.69 Å². The van der Waals surface area contributed by atoms with E-state index < -0.39 is 7.12 Å². The van der Waals surface area contributed by atoms with Gasteiger partial charge in [-0.1, -0.05) is 60.7 Å². The third-order valence-corrected chi connectivity index (χ3v) is 8.26. The van der Waals surface area contributed by atoms with E-state index in [2.05, 4.69) is 41.0 Å². The van der Waals surface area contributed by atoms with E-state index in [1.54, 1.807) is 6.92 Å². The molecule has 7 nitrogen and oxygen atoms in total. The van der Waals surface area contributed by atoms with E-state index in [1.807, 2.05) is 73.5 Å². The fraction of sp³-hybridized carbons (Fsp3) is 0.235. The Kier molecular flexibility index (Phi) is 7.69. The summed E-state index contributed by atoms with van der Waals surface area (Å²) in [5.74, 6) is -0.196. The van der Waals surface area contributed by atoms with Gasteiger partial charge in [-0.25, -0.2) is 0 Å². The van der Waals surface area contributed by atoms with Crippen molar-refractivity contribution in [2.75, 3.05) is 11.9 Å². The highest BCUT2D eigenvalue weighted by Gasteiger charge is 2.34. The molecule has 0 radical (unpaired) electrons. The number of rotatable bonds is 6. The number of hydrogen-bond acceptors (Lipinski definition) is 5. The molecule has 0 unspecified atom stereocenters. The molecule has 0 aromatic heterocycles. The van der Waals surface area contributed by atoms with Crippen LogP contribution in [0.2, 0.25) is 0 Å². The summed E-state index contributed by atoms with van der Waals surface area (Å²) in [5, 5.41) is 16.6. The Balaban J connectivity index is 1.30. The summed E-state index contributed by atoms with van der Waals surface area (Å²) in [6.07, 6.45) is 0.602. The molecule has 2 heterocycles. The quantitative estimate of drug-likeness (QED) is 0.301. The molecule has 4 aromatic carbocycles. The molecule has 0 spiro atoms. The Morgan fingerprint density at radius 3 is 2.43 bits per heavy atom. The van der Waals surface area contributed by atoms with Gasteiger partial charge < -0.3 is 25.2 Å². The van der Waals surface area contributed by atoms with E-state index in [-0.39, 0.29) is 23.9 Å². The van der Waals surface area contributed by atoms with Crippen LogP contribution in [-0.4, -0.2) is 37.0 Å². The number of benzene rings is 4. The summed E-state index contributed by atoms with van der Waals surface area (Å²) in [7, 11) is 1.00. The largest absolute Gasteiger partial charge is 0.491 e. The van der Waals surface area contributed by atoms with Crippen molar-refractivity contribution in [2.45, 2.75) is 45.5 Å². The predicted octanol–water partition coefficient (Wildman–Crippen LogP) is 4.57. The number of nitrogens with one attached hydrogen (secondary N) is 2. The molecule has 8 heteroatoms. The molecular formula is C34H34BN3O4. The zero-order chi connectivity index (χ0) is 29.4. The highest BCUT2D eigenvalue weighted by molar-refractivity contribution is 6.61. The third-order valence-electron chi connectivity index (χ3n) is 8.26. The number of fused-ring (bicyclic) bond motifs is 2. The van der Waals surface area contributed by atoms with Crippen molar-refractivity contribution in [3.05, 3.63) is 107 Å². The van der Waals surface area contributed by atoms with Gasteiger partial charge in [-0.15, -0.1) is 0 Å². The molecule has 2 amide bonds. The van der Waals surface area contributed by atoms with Crippen molar-refractivity contribution in [3.63, 3.8) is 0 Å². The summed E-state index contributed by atoms with van der Waals surface area (Å²) in [6.45, 7) is 4.80. The van der Waals surface area contributed by atoms with Gasteiger partial charge in [0.2, 0.25) is 5.91 Å². The van der Waals surface area contributed by atoms with E-state index in [0.717, 1.165) is 51.1 Å². The van der Waals surface area contributed by atoms with Gasteiger partial charge >= 0.3 is 7.12 Å². The minimum absolute atomic E-state index is 0.0183. The van der Waals surface area contributed by atoms with E-state index in [4.69, 9.17) is 4.65 Å². The smallest absolute Gasteiger partial charge is 0.423 e. The van der Waals surface area contributed by atoms with Crippen molar-refractivity contribution in [1.29, 1.82) is 0 Å². The zero-order valence-electron chi connectivity index (χ0n) is 24.1. The maximum atomic E-state index is 13.7. The lowest BCUT2D eigenvalue weighted by Gasteiger charge is -2.39. The van der Waals surface area contributed by atoms with Gasteiger partial charge in [0, 0.05) is 30.8 Å². The number of amides is 2. The molecule has 0 bridgehead atoms. The van der Waals surface area contributed by atoms with Gasteiger partial charge in [0.15, 0.2) is 0 Å². The highest BCUT2D eigenvalue weighted by atomic mass is 16.5. The van der Waals surface area contributed by atoms with Crippen molar-refractivity contribution < 1.29 is 19.3 Å². The van der Waals surface area contributed by atoms with Crippen LogP contribution in [0.25, 0.3) is 22.3 Å². The van der Waals surface area contributed by atoms with Crippen LogP contribution < -0.4 is 21.0 Å². The second-order valence-corrected chi connectivity index (χ2v) is 11.2. The third kappa shape index (κ3) is 5.36. The van der Waals surface area contributed by atoms with Crippen molar-refractivity contribution in [2.24, 2.45) is 0 Å². The Morgan fingerprint density at radius 2 is 1.67 bits per heavy atom. The monoisotopic (exact) mass is 559 g/mol. The molecule has 212 valence electrons. The minimum Gasteiger partial charge on any atom is -0.423 e. The Labute approximate surface area is 246 Å². The van der Waals surface area contributed by atoms with E-state index in [9.17, 15) is 14.6 Å². The molecule has 3 N–H and O–H groups in total. The number of nitrogens with zero attached hydrogens (tertiary/aromatic N) is 1. The van der Waals surface area contributed by atoms with Crippen LogP contribution in [0.5, 0.6) is 0 Å².